The van der Waals surface area contributed by atoms with Gasteiger partial charge in [0.15, 0.2) is 0 Å². The van der Waals surface area contributed by atoms with Crippen molar-refractivity contribution >= 4 is 11.6 Å². The lowest BCUT2D eigenvalue weighted by Crippen LogP contribution is -2.14. The first-order chi connectivity index (χ1) is 13.8. The summed E-state index contributed by atoms with van der Waals surface area (Å²) in [5.41, 5.74) is 2.23. The number of hydrogen-bond donors (Lipinski definition) is 1. The van der Waals surface area contributed by atoms with Crippen LogP contribution in [-0.4, -0.2) is 16.0 Å². The summed E-state index contributed by atoms with van der Waals surface area (Å²) in [4.78, 5) is 16.4. The number of halogens is 3. The first-order valence-electron chi connectivity index (χ1n) is 9.16. The van der Waals surface area contributed by atoms with E-state index >= 15 is 0 Å². The molecule has 0 spiro atoms. The Hall–Kier alpha value is -3.16. The fraction of sp³-hybridized carbons (Fsp3) is 0.286. The van der Waals surface area contributed by atoms with Gasteiger partial charge in [-0.25, -0.2) is 0 Å². The van der Waals surface area contributed by atoms with Gasteiger partial charge in [0, 0.05) is 24.1 Å². The smallest absolute Gasteiger partial charge is 0.339 e. The molecule has 0 saturated carbocycles. The van der Waals surface area contributed by atoms with Gasteiger partial charge in [0.2, 0.25) is 17.6 Å². The van der Waals surface area contributed by atoms with E-state index in [0.29, 0.717) is 0 Å². The average Bonchev–Trinajstić information content (AvgIpc) is 3.16. The van der Waals surface area contributed by atoms with Gasteiger partial charge >= 0.3 is 6.18 Å². The molecule has 0 aliphatic carbocycles. The van der Waals surface area contributed by atoms with E-state index in [1.807, 2.05) is 32.0 Å². The Kier molecular flexibility index (Phi) is 6.00. The van der Waals surface area contributed by atoms with Crippen molar-refractivity contribution in [2.24, 2.45) is 0 Å². The predicted octanol–water partition coefficient (Wildman–Crippen LogP) is 5.20. The Labute approximate surface area is 165 Å². The van der Waals surface area contributed by atoms with Crippen LogP contribution in [0.1, 0.15) is 35.9 Å². The second-order valence-corrected chi connectivity index (χ2v) is 6.60. The molecule has 0 atom stereocenters. The Morgan fingerprint density at radius 1 is 1.17 bits per heavy atom. The van der Waals surface area contributed by atoms with Gasteiger partial charge < -0.3 is 9.84 Å². The van der Waals surface area contributed by atoms with E-state index in [1.165, 1.54) is 12.1 Å². The van der Waals surface area contributed by atoms with Crippen molar-refractivity contribution in [1.29, 1.82) is 0 Å². The minimum Gasteiger partial charge on any atom is -0.339 e. The standard InChI is InChI=1S/C21H20F3N3O2/c1-3-14-7-4-6-13(2)19(14)25-17(28)10-11-18-26-20(27-29-18)15-8-5-9-16(12-15)21(22,23)24/h4-9,12H,3,10-11H2,1-2H3,(H,25,28). The van der Waals surface area contributed by atoms with Crippen molar-refractivity contribution in [3.05, 3.63) is 65.0 Å². The SMILES string of the molecule is CCc1cccc(C)c1NC(=O)CCc1nc(-c2cccc(C(F)(F)F)c2)no1. The molecule has 0 aliphatic rings. The fourth-order valence-corrected chi connectivity index (χ4v) is 2.93. The van der Waals surface area contributed by atoms with Crippen LogP contribution in [0.4, 0.5) is 18.9 Å². The first-order valence-corrected chi connectivity index (χ1v) is 9.16. The van der Waals surface area contributed by atoms with Crippen molar-refractivity contribution in [2.75, 3.05) is 5.32 Å². The maximum atomic E-state index is 12.9. The van der Waals surface area contributed by atoms with Crippen LogP contribution in [0.25, 0.3) is 11.4 Å². The third-order valence-corrected chi connectivity index (χ3v) is 4.49. The van der Waals surface area contributed by atoms with Gasteiger partial charge in [0.1, 0.15) is 0 Å². The number of rotatable bonds is 6. The minimum atomic E-state index is -4.45. The summed E-state index contributed by atoms with van der Waals surface area (Å²) in [6.07, 6.45) is -3.36. The predicted molar refractivity (Wildman–Crippen MR) is 102 cm³/mol. The molecule has 0 radical (unpaired) electrons. The van der Waals surface area contributed by atoms with Crippen molar-refractivity contribution in [3.8, 4) is 11.4 Å². The molecule has 1 N–H and O–H groups in total. The van der Waals surface area contributed by atoms with E-state index < -0.39 is 11.7 Å². The third kappa shape index (κ3) is 5.01. The van der Waals surface area contributed by atoms with Crippen LogP contribution >= 0.6 is 0 Å². The monoisotopic (exact) mass is 403 g/mol. The van der Waals surface area contributed by atoms with Crippen LogP contribution in [0.15, 0.2) is 47.0 Å². The van der Waals surface area contributed by atoms with Crippen LogP contribution < -0.4 is 5.32 Å². The molecule has 29 heavy (non-hydrogen) atoms. The van der Waals surface area contributed by atoms with Gasteiger partial charge in [-0.2, -0.15) is 18.2 Å². The van der Waals surface area contributed by atoms with E-state index in [9.17, 15) is 18.0 Å². The summed E-state index contributed by atoms with van der Waals surface area (Å²) in [5, 5.41) is 6.64. The van der Waals surface area contributed by atoms with Crippen LogP contribution in [0, 0.1) is 6.92 Å². The molecule has 3 aromatic rings. The Bertz CT molecular complexity index is 1010. The van der Waals surface area contributed by atoms with Crippen LogP contribution in [0.5, 0.6) is 0 Å². The van der Waals surface area contributed by atoms with Crippen molar-refractivity contribution in [3.63, 3.8) is 0 Å². The molecule has 0 saturated heterocycles. The highest BCUT2D eigenvalue weighted by Gasteiger charge is 2.30. The molecular weight excluding hydrogens is 383 g/mol. The Morgan fingerprint density at radius 3 is 2.66 bits per heavy atom. The van der Waals surface area contributed by atoms with Gasteiger partial charge in [-0.3, -0.25) is 4.79 Å². The van der Waals surface area contributed by atoms with E-state index in [0.717, 1.165) is 35.4 Å². The molecule has 0 aliphatic heterocycles. The molecule has 8 heteroatoms. The third-order valence-electron chi connectivity index (χ3n) is 4.49. The number of hydrogen-bond acceptors (Lipinski definition) is 4. The molecule has 152 valence electrons. The summed E-state index contributed by atoms with van der Waals surface area (Å²) in [6.45, 7) is 3.94. The number of nitrogens with zero attached hydrogens (tertiary/aromatic N) is 2. The number of amides is 1. The average molecular weight is 403 g/mol. The highest BCUT2D eigenvalue weighted by Crippen LogP contribution is 2.31. The zero-order valence-electron chi connectivity index (χ0n) is 16.0. The number of anilines is 1. The first kappa shape index (κ1) is 20.6. The molecule has 0 bridgehead atoms. The molecule has 1 amide bonds. The number of carbonyl (C=O) groups excluding carboxylic acids is 1. The van der Waals surface area contributed by atoms with Crippen molar-refractivity contribution in [1.82, 2.24) is 10.1 Å². The highest BCUT2D eigenvalue weighted by atomic mass is 19.4. The minimum absolute atomic E-state index is 0.0543. The topological polar surface area (TPSA) is 68.0 Å². The van der Waals surface area contributed by atoms with Crippen LogP contribution in [0.3, 0.4) is 0 Å². The van der Waals surface area contributed by atoms with Gasteiger partial charge in [0.05, 0.1) is 5.56 Å². The van der Waals surface area contributed by atoms with Crippen LogP contribution in [-0.2, 0) is 23.8 Å². The highest BCUT2D eigenvalue weighted by molar-refractivity contribution is 5.92. The second-order valence-electron chi connectivity index (χ2n) is 6.60. The summed E-state index contributed by atoms with van der Waals surface area (Å²) >= 11 is 0. The summed E-state index contributed by atoms with van der Waals surface area (Å²) in [5.74, 6) is 0.0413. The van der Waals surface area contributed by atoms with E-state index in [-0.39, 0.29) is 36.0 Å². The zero-order chi connectivity index (χ0) is 21.0. The van der Waals surface area contributed by atoms with Gasteiger partial charge in [-0.1, -0.05) is 42.4 Å². The zero-order valence-corrected chi connectivity index (χ0v) is 16.0. The molecule has 1 aromatic heterocycles. The van der Waals surface area contributed by atoms with Gasteiger partial charge in [-0.15, -0.1) is 0 Å². The number of para-hydroxylation sites is 1. The lowest BCUT2D eigenvalue weighted by atomic mass is 10.1. The molecular formula is C21H20F3N3O2. The lowest BCUT2D eigenvalue weighted by Gasteiger charge is -2.12. The molecule has 5 nitrogen and oxygen atoms in total. The normalized spacial score (nSPS) is 11.5. The fourth-order valence-electron chi connectivity index (χ4n) is 2.93. The quantitative estimate of drug-likeness (QED) is 0.614. The van der Waals surface area contributed by atoms with Crippen molar-refractivity contribution < 1.29 is 22.5 Å². The summed E-state index contributed by atoms with van der Waals surface area (Å²) in [7, 11) is 0. The van der Waals surface area contributed by atoms with Gasteiger partial charge in [0.25, 0.3) is 0 Å². The largest absolute Gasteiger partial charge is 0.416 e. The maximum absolute atomic E-state index is 12.9. The second kappa shape index (κ2) is 8.46. The molecule has 0 fully saturated rings. The molecule has 1 heterocycles. The number of aryl methyl sites for hydroxylation is 3. The Morgan fingerprint density at radius 2 is 1.93 bits per heavy atom. The van der Waals surface area contributed by atoms with E-state index in [4.69, 9.17) is 4.52 Å². The van der Waals surface area contributed by atoms with Crippen LogP contribution in [0.2, 0.25) is 0 Å². The summed E-state index contributed by atoms with van der Waals surface area (Å²) in [6, 6.07) is 10.5. The maximum Gasteiger partial charge on any atom is 0.416 e. The molecule has 2 aromatic carbocycles. The number of alkyl halides is 3. The number of benzene rings is 2. The lowest BCUT2D eigenvalue weighted by molar-refractivity contribution is -0.137. The van der Waals surface area contributed by atoms with E-state index in [1.54, 1.807) is 0 Å². The molecule has 3 rings (SSSR count). The number of carbonyl (C=O) groups is 1. The number of aromatic nitrogens is 2. The number of nitrogens with one attached hydrogen (secondary N) is 1. The molecule has 0 unspecified atom stereocenters. The summed E-state index contributed by atoms with van der Waals surface area (Å²) < 4.78 is 43.6. The Balaban J connectivity index is 1.65. The van der Waals surface area contributed by atoms with Crippen molar-refractivity contribution in [2.45, 2.75) is 39.3 Å². The van der Waals surface area contributed by atoms with Gasteiger partial charge in [-0.05, 0) is 36.6 Å². The van der Waals surface area contributed by atoms with E-state index in [2.05, 4.69) is 15.5 Å².